The van der Waals surface area contributed by atoms with Crippen LogP contribution in [-0.2, 0) is 4.79 Å². The van der Waals surface area contributed by atoms with Crippen molar-refractivity contribution < 1.29 is 4.79 Å². The van der Waals surface area contributed by atoms with E-state index in [4.69, 9.17) is 0 Å². The van der Waals surface area contributed by atoms with Crippen molar-refractivity contribution in [3.63, 3.8) is 0 Å². The summed E-state index contributed by atoms with van der Waals surface area (Å²) in [7, 11) is 0. The number of hydrogen-bond donors (Lipinski definition) is 2. The molecule has 2 N–H and O–H groups in total. The van der Waals surface area contributed by atoms with Crippen LogP contribution in [0.25, 0.3) is 0 Å². The molecule has 16 heavy (non-hydrogen) atoms. The van der Waals surface area contributed by atoms with Crippen LogP contribution in [0.3, 0.4) is 0 Å². The van der Waals surface area contributed by atoms with Gasteiger partial charge in [-0.25, -0.2) is 0 Å². The maximum absolute atomic E-state index is 11.9. The highest BCUT2D eigenvalue weighted by atomic mass is 16.2. The lowest BCUT2D eigenvalue weighted by Gasteiger charge is -2.21. The van der Waals surface area contributed by atoms with E-state index in [1.807, 2.05) is 6.92 Å². The molecule has 1 unspecified atom stereocenters. The molecule has 3 nitrogen and oxygen atoms in total. The van der Waals surface area contributed by atoms with Gasteiger partial charge in [-0.15, -0.1) is 0 Å². The summed E-state index contributed by atoms with van der Waals surface area (Å²) in [5, 5.41) is 6.51. The van der Waals surface area contributed by atoms with Gasteiger partial charge in [0.25, 0.3) is 0 Å². The largest absolute Gasteiger partial charge is 0.352 e. The van der Waals surface area contributed by atoms with Gasteiger partial charge in [0.1, 0.15) is 0 Å². The van der Waals surface area contributed by atoms with E-state index in [0.717, 1.165) is 25.7 Å². The summed E-state index contributed by atoms with van der Waals surface area (Å²) >= 11 is 0. The Morgan fingerprint density at radius 1 is 1.19 bits per heavy atom. The summed E-state index contributed by atoms with van der Waals surface area (Å²) in [6.07, 6.45) is 11.3. The van der Waals surface area contributed by atoms with Crippen molar-refractivity contribution in [2.75, 3.05) is 0 Å². The molecule has 2 aliphatic rings. The van der Waals surface area contributed by atoms with Crippen LogP contribution in [0.4, 0.5) is 0 Å². The van der Waals surface area contributed by atoms with Gasteiger partial charge in [0.2, 0.25) is 5.91 Å². The summed E-state index contributed by atoms with van der Waals surface area (Å²) in [5.74, 6) is 0.166. The third kappa shape index (κ3) is 3.08. The topological polar surface area (TPSA) is 41.1 Å². The minimum absolute atomic E-state index is 0.0644. The zero-order valence-electron chi connectivity index (χ0n) is 10.0. The van der Waals surface area contributed by atoms with Crippen LogP contribution in [0, 0.1) is 0 Å². The molecule has 0 saturated heterocycles. The number of carbonyl (C=O) groups excluding carboxylic acids is 1. The van der Waals surface area contributed by atoms with Crippen LogP contribution >= 0.6 is 0 Å². The van der Waals surface area contributed by atoms with Gasteiger partial charge in [-0.1, -0.05) is 25.0 Å². The third-order valence-corrected chi connectivity index (χ3v) is 3.59. The second-order valence-corrected chi connectivity index (χ2v) is 5.02. The SMILES string of the molecule is CC(NC1CC=CC1)C(=O)NC1CCCC1. The lowest BCUT2D eigenvalue weighted by molar-refractivity contribution is -0.123. The van der Waals surface area contributed by atoms with E-state index in [1.165, 1.54) is 12.8 Å². The first-order chi connectivity index (χ1) is 7.75. The summed E-state index contributed by atoms with van der Waals surface area (Å²) < 4.78 is 0. The average Bonchev–Trinajstić information content (AvgIpc) is 2.90. The first-order valence-electron chi connectivity index (χ1n) is 6.47. The van der Waals surface area contributed by atoms with E-state index in [9.17, 15) is 4.79 Å². The van der Waals surface area contributed by atoms with Crippen LogP contribution < -0.4 is 10.6 Å². The molecule has 2 aliphatic carbocycles. The molecule has 0 aliphatic heterocycles. The predicted octanol–water partition coefficient (Wildman–Crippen LogP) is 1.74. The lowest BCUT2D eigenvalue weighted by Crippen LogP contribution is -2.48. The molecular formula is C13H22N2O. The van der Waals surface area contributed by atoms with Crippen LogP contribution in [0.1, 0.15) is 45.4 Å². The van der Waals surface area contributed by atoms with Crippen molar-refractivity contribution in [3.05, 3.63) is 12.2 Å². The Morgan fingerprint density at radius 3 is 2.44 bits per heavy atom. The molecule has 0 aromatic heterocycles. The zero-order valence-corrected chi connectivity index (χ0v) is 10.0. The highest BCUT2D eigenvalue weighted by Crippen LogP contribution is 2.17. The van der Waals surface area contributed by atoms with Crippen LogP contribution in [0.2, 0.25) is 0 Å². The highest BCUT2D eigenvalue weighted by Gasteiger charge is 2.22. The van der Waals surface area contributed by atoms with Crippen molar-refractivity contribution >= 4 is 5.91 Å². The molecule has 1 amide bonds. The van der Waals surface area contributed by atoms with Crippen molar-refractivity contribution in [1.29, 1.82) is 0 Å². The fourth-order valence-corrected chi connectivity index (χ4v) is 2.58. The number of carbonyl (C=O) groups is 1. The Balaban J connectivity index is 1.70. The normalized spacial score (nSPS) is 23.8. The molecule has 0 radical (unpaired) electrons. The number of amides is 1. The Morgan fingerprint density at radius 2 is 1.81 bits per heavy atom. The second kappa shape index (κ2) is 5.48. The molecule has 0 bridgehead atoms. The van der Waals surface area contributed by atoms with Gasteiger partial charge in [-0.2, -0.15) is 0 Å². The number of hydrogen-bond acceptors (Lipinski definition) is 2. The molecule has 0 spiro atoms. The molecule has 3 heteroatoms. The van der Waals surface area contributed by atoms with Crippen molar-refractivity contribution in [1.82, 2.24) is 10.6 Å². The Hall–Kier alpha value is -0.830. The minimum atomic E-state index is -0.0644. The van der Waals surface area contributed by atoms with Gasteiger partial charge in [0, 0.05) is 12.1 Å². The Bertz CT molecular complexity index is 261. The van der Waals surface area contributed by atoms with E-state index in [1.54, 1.807) is 0 Å². The van der Waals surface area contributed by atoms with Crippen LogP contribution in [0.5, 0.6) is 0 Å². The molecule has 1 saturated carbocycles. The molecule has 1 atom stereocenters. The Kier molecular flexibility index (Phi) is 3.99. The summed E-state index contributed by atoms with van der Waals surface area (Å²) in [5.41, 5.74) is 0. The maximum atomic E-state index is 11.9. The fraction of sp³-hybridized carbons (Fsp3) is 0.769. The molecule has 0 aromatic rings. The van der Waals surface area contributed by atoms with Crippen LogP contribution in [0.15, 0.2) is 12.2 Å². The van der Waals surface area contributed by atoms with Gasteiger partial charge in [-0.3, -0.25) is 4.79 Å². The van der Waals surface area contributed by atoms with Gasteiger partial charge in [0.05, 0.1) is 6.04 Å². The molecule has 2 rings (SSSR count). The quantitative estimate of drug-likeness (QED) is 0.711. The van der Waals surface area contributed by atoms with E-state index in [2.05, 4.69) is 22.8 Å². The van der Waals surface area contributed by atoms with E-state index in [-0.39, 0.29) is 11.9 Å². The van der Waals surface area contributed by atoms with Crippen molar-refractivity contribution in [2.24, 2.45) is 0 Å². The smallest absolute Gasteiger partial charge is 0.237 e. The van der Waals surface area contributed by atoms with E-state index in [0.29, 0.717) is 12.1 Å². The van der Waals surface area contributed by atoms with Crippen molar-refractivity contribution in [3.8, 4) is 0 Å². The van der Waals surface area contributed by atoms with E-state index < -0.39 is 0 Å². The van der Waals surface area contributed by atoms with Gasteiger partial charge in [-0.05, 0) is 32.6 Å². The fourth-order valence-electron chi connectivity index (χ4n) is 2.58. The predicted molar refractivity (Wildman–Crippen MR) is 65.2 cm³/mol. The standard InChI is InChI=1S/C13H22N2O/c1-10(14-11-6-2-3-7-11)13(16)15-12-8-4-5-9-12/h2-3,10-12,14H,4-9H2,1H3,(H,15,16). The molecule has 90 valence electrons. The van der Waals surface area contributed by atoms with Gasteiger partial charge < -0.3 is 10.6 Å². The molecule has 1 fully saturated rings. The number of rotatable bonds is 4. The zero-order chi connectivity index (χ0) is 11.4. The third-order valence-electron chi connectivity index (χ3n) is 3.59. The van der Waals surface area contributed by atoms with Gasteiger partial charge >= 0.3 is 0 Å². The first-order valence-corrected chi connectivity index (χ1v) is 6.47. The van der Waals surface area contributed by atoms with Crippen molar-refractivity contribution in [2.45, 2.75) is 63.6 Å². The molecule has 0 aromatic carbocycles. The summed E-state index contributed by atoms with van der Waals surface area (Å²) in [4.78, 5) is 11.9. The first kappa shape index (κ1) is 11.6. The number of nitrogens with one attached hydrogen (secondary N) is 2. The highest BCUT2D eigenvalue weighted by molar-refractivity contribution is 5.81. The monoisotopic (exact) mass is 222 g/mol. The minimum Gasteiger partial charge on any atom is -0.352 e. The molecule has 0 heterocycles. The van der Waals surface area contributed by atoms with Crippen LogP contribution in [-0.4, -0.2) is 24.0 Å². The van der Waals surface area contributed by atoms with Gasteiger partial charge in [0.15, 0.2) is 0 Å². The summed E-state index contributed by atoms with van der Waals surface area (Å²) in [6, 6.07) is 0.827. The maximum Gasteiger partial charge on any atom is 0.237 e. The molecular weight excluding hydrogens is 200 g/mol. The lowest BCUT2D eigenvalue weighted by atomic mass is 10.2. The average molecular weight is 222 g/mol. The Labute approximate surface area is 97.7 Å². The van der Waals surface area contributed by atoms with E-state index >= 15 is 0 Å². The second-order valence-electron chi connectivity index (χ2n) is 5.02. The summed E-state index contributed by atoms with van der Waals surface area (Å²) in [6.45, 7) is 1.96.